The first kappa shape index (κ1) is 8.88. The van der Waals surface area contributed by atoms with Crippen molar-refractivity contribution in [2.45, 2.75) is 44.3 Å². The molecule has 74 valence electrons. The molecule has 0 aromatic rings. The van der Waals surface area contributed by atoms with Gasteiger partial charge in [-0.3, -0.25) is 0 Å². The van der Waals surface area contributed by atoms with E-state index in [-0.39, 0.29) is 0 Å². The van der Waals surface area contributed by atoms with Gasteiger partial charge in [0.05, 0.1) is 6.61 Å². The number of hydrogen-bond donors (Lipinski definition) is 1. The van der Waals surface area contributed by atoms with Crippen molar-refractivity contribution in [3.8, 4) is 0 Å². The maximum absolute atomic E-state index is 8.86. The molecule has 2 aliphatic rings. The molecule has 13 heavy (non-hydrogen) atoms. The minimum absolute atomic E-state index is 0.398. The van der Waals surface area contributed by atoms with Crippen molar-refractivity contribution in [2.75, 3.05) is 6.61 Å². The van der Waals surface area contributed by atoms with Gasteiger partial charge in [0.15, 0.2) is 0 Å². The van der Waals surface area contributed by atoms with Crippen molar-refractivity contribution in [3.05, 3.63) is 12.0 Å². The molecule has 0 amide bonds. The molecule has 2 saturated heterocycles. The Kier molecular flexibility index (Phi) is 2.44. The maximum atomic E-state index is 8.86. The Morgan fingerprint density at radius 2 is 2.08 bits per heavy atom. The van der Waals surface area contributed by atoms with E-state index in [1.165, 1.54) is 6.42 Å². The van der Waals surface area contributed by atoms with Crippen LogP contribution in [0, 0.1) is 0 Å². The second-order valence-corrected chi connectivity index (χ2v) is 3.77. The summed E-state index contributed by atoms with van der Waals surface area (Å²) in [6.45, 7) is 0.790. The quantitative estimate of drug-likeness (QED) is 0.588. The molecule has 0 aliphatic carbocycles. The lowest BCUT2D eigenvalue weighted by Crippen LogP contribution is -2.41. The molecule has 0 aromatic carbocycles. The summed E-state index contributed by atoms with van der Waals surface area (Å²) in [7, 11) is 0. The number of allylic oxidation sites excluding steroid dienone is 1. The van der Waals surface area contributed by atoms with Crippen molar-refractivity contribution in [2.24, 2.45) is 0 Å². The molecule has 0 saturated carbocycles. The van der Waals surface area contributed by atoms with E-state index in [1.54, 1.807) is 0 Å². The molecule has 0 radical (unpaired) electrons. The smallest absolute Gasteiger partial charge is 0.210 e. The Morgan fingerprint density at radius 1 is 1.23 bits per heavy atom. The number of rotatable bonds is 0. The van der Waals surface area contributed by atoms with Crippen LogP contribution >= 0.6 is 0 Å². The molecule has 3 heteroatoms. The van der Waals surface area contributed by atoms with Crippen molar-refractivity contribution < 1.29 is 14.6 Å². The molecule has 1 unspecified atom stereocenters. The number of hydrogen-bond acceptors (Lipinski definition) is 3. The van der Waals surface area contributed by atoms with Crippen LogP contribution in [0.5, 0.6) is 0 Å². The topological polar surface area (TPSA) is 38.7 Å². The van der Waals surface area contributed by atoms with Gasteiger partial charge in [0.2, 0.25) is 5.79 Å². The molecule has 0 bridgehead atoms. The number of ether oxygens (including phenoxy) is 2. The normalized spacial score (nSPS) is 37.7. The summed E-state index contributed by atoms with van der Waals surface area (Å²) in [6.07, 6.45) is 7.17. The number of aliphatic hydroxyl groups is 1. The van der Waals surface area contributed by atoms with Crippen molar-refractivity contribution >= 4 is 0 Å². The summed E-state index contributed by atoms with van der Waals surface area (Å²) in [6, 6.07) is 0. The van der Waals surface area contributed by atoms with E-state index >= 15 is 0 Å². The Morgan fingerprint density at radius 3 is 2.77 bits per heavy atom. The fourth-order valence-corrected chi connectivity index (χ4v) is 2.07. The molecule has 2 aliphatic heterocycles. The van der Waals surface area contributed by atoms with Crippen LogP contribution in [0.15, 0.2) is 12.0 Å². The van der Waals surface area contributed by atoms with Crippen molar-refractivity contribution in [1.29, 1.82) is 0 Å². The summed E-state index contributed by atoms with van der Waals surface area (Å²) < 4.78 is 11.3. The lowest BCUT2D eigenvalue weighted by atomic mass is 9.96. The molecular weight excluding hydrogens is 168 g/mol. The van der Waals surface area contributed by atoms with E-state index in [9.17, 15) is 0 Å². The zero-order valence-corrected chi connectivity index (χ0v) is 7.79. The lowest BCUT2D eigenvalue weighted by Gasteiger charge is -2.40. The highest BCUT2D eigenvalue weighted by molar-refractivity contribution is 4.95. The Bertz CT molecular complexity index is 199. The zero-order valence-electron chi connectivity index (χ0n) is 7.79. The first-order valence-electron chi connectivity index (χ1n) is 5.01. The van der Waals surface area contributed by atoms with Crippen LogP contribution in [-0.2, 0) is 9.47 Å². The first-order valence-corrected chi connectivity index (χ1v) is 5.01. The SMILES string of the molecule is O/C=C1\CCCC2(CCCCO2)O1. The second kappa shape index (κ2) is 3.58. The van der Waals surface area contributed by atoms with E-state index in [1.807, 2.05) is 0 Å². The van der Waals surface area contributed by atoms with Gasteiger partial charge >= 0.3 is 0 Å². The molecule has 1 atom stereocenters. The fourth-order valence-electron chi connectivity index (χ4n) is 2.07. The summed E-state index contributed by atoms with van der Waals surface area (Å²) in [5.41, 5.74) is 0. The summed E-state index contributed by atoms with van der Waals surface area (Å²) in [4.78, 5) is 0. The Balaban J connectivity index is 2.04. The largest absolute Gasteiger partial charge is 0.512 e. The minimum Gasteiger partial charge on any atom is -0.512 e. The van der Waals surface area contributed by atoms with Gasteiger partial charge in [-0.15, -0.1) is 0 Å². The molecule has 2 rings (SSSR count). The molecular formula is C10H16O3. The lowest BCUT2D eigenvalue weighted by molar-refractivity contribution is -0.251. The first-order chi connectivity index (χ1) is 6.35. The maximum Gasteiger partial charge on any atom is 0.210 e. The second-order valence-electron chi connectivity index (χ2n) is 3.77. The van der Waals surface area contributed by atoms with Crippen LogP contribution in [0.25, 0.3) is 0 Å². The van der Waals surface area contributed by atoms with Crippen LogP contribution in [0.4, 0.5) is 0 Å². The van der Waals surface area contributed by atoms with Gasteiger partial charge in [0.25, 0.3) is 0 Å². The van der Waals surface area contributed by atoms with E-state index < -0.39 is 5.79 Å². The summed E-state index contributed by atoms with van der Waals surface area (Å²) >= 11 is 0. The average Bonchev–Trinajstić information content (AvgIpc) is 2.19. The van der Waals surface area contributed by atoms with E-state index in [2.05, 4.69) is 0 Å². The highest BCUT2D eigenvalue weighted by Gasteiger charge is 2.38. The van der Waals surface area contributed by atoms with Gasteiger partial charge in [-0.25, -0.2) is 0 Å². The van der Waals surface area contributed by atoms with Gasteiger partial charge in [0.1, 0.15) is 12.0 Å². The zero-order chi connectivity index (χ0) is 9.15. The van der Waals surface area contributed by atoms with E-state index in [4.69, 9.17) is 14.6 Å². The Labute approximate surface area is 78.3 Å². The van der Waals surface area contributed by atoms with Gasteiger partial charge in [0, 0.05) is 19.3 Å². The third kappa shape index (κ3) is 1.80. The minimum atomic E-state index is -0.398. The summed E-state index contributed by atoms with van der Waals surface area (Å²) in [5, 5.41) is 8.86. The third-order valence-electron chi connectivity index (χ3n) is 2.76. The van der Waals surface area contributed by atoms with E-state index in [0.29, 0.717) is 5.76 Å². The van der Waals surface area contributed by atoms with Crippen molar-refractivity contribution in [1.82, 2.24) is 0 Å². The molecule has 1 N–H and O–H groups in total. The average molecular weight is 184 g/mol. The molecule has 3 nitrogen and oxygen atoms in total. The third-order valence-corrected chi connectivity index (χ3v) is 2.76. The van der Waals surface area contributed by atoms with Crippen molar-refractivity contribution in [3.63, 3.8) is 0 Å². The van der Waals surface area contributed by atoms with E-state index in [0.717, 1.165) is 45.0 Å². The Hall–Kier alpha value is -0.700. The van der Waals surface area contributed by atoms with Crippen LogP contribution in [0.2, 0.25) is 0 Å². The van der Waals surface area contributed by atoms with Gasteiger partial charge in [-0.05, 0) is 19.3 Å². The predicted octanol–water partition coefficient (Wildman–Crippen LogP) is 2.48. The standard InChI is InChI=1S/C10H16O3/c11-8-9-4-3-6-10(13-9)5-1-2-7-12-10/h8,11H,1-7H2/b9-8+. The van der Waals surface area contributed by atoms with Gasteiger partial charge in [-0.1, -0.05) is 0 Å². The molecule has 1 spiro atoms. The van der Waals surface area contributed by atoms with Gasteiger partial charge < -0.3 is 14.6 Å². The highest BCUT2D eigenvalue weighted by Crippen LogP contribution is 2.38. The van der Waals surface area contributed by atoms with Crippen LogP contribution in [0.1, 0.15) is 38.5 Å². The van der Waals surface area contributed by atoms with Gasteiger partial charge in [-0.2, -0.15) is 0 Å². The molecule has 2 fully saturated rings. The predicted molar refractivity (Wildman–Crippen MR) is 48.2 cm³/mol. The van der Waals surface area contributed by atoms with Crippen LogP contribution < -0.4 is 0 Å². The highest BCUT2D eigenvalue weighted by atomic mass is 16.7. The molecule has 0 aromatic heterocycles. The fraction of sp³-hybridized carbons (Fsp3) is 0.800. The van der Waals surface area contributed by atoms with Crippen LogP contribution in [0.3, 0.4) is 0 Å². The monoisotopic (exact) mass is 184 g/mol. The molecule has 2 heterocycles. The van der Waals surface area contributed by atoms with Crippen LogP contribution in [-0.4, -0.2) is 17.5 Å². The number of aliphatic hydroxyl groups excluding tert-OH is 1. The summed E-state index contributed by atoms with van der Waals surface area (Å²) in [5.74, 6) is 0.276.